The maximum atomic E-state index is 9.10. The first kappa shape index (κ1) is 13.9. The largest absolute Gasteiger partial charge is 0.493 e. The molecule has 1 aromatic carbocycles. The van der Waals surface area contributed by atoms with Crippen LogP contribution in [0.25, 0.3) is 0 Å². The summed E-state index contributed by atoms with van der Waals surface area (Å²) in [6.45, 7) is 1.48. The number of nitriles is 1. The Hall–Kier alpha value is -2.06. The second-order valence-electron chi connectivity index (χ2n) is 4.93. The maximum absolute atomic E-state index is 9.10. The highest BCUT2D eigenvalue weighted by Crippen LogP contribution is 2.35. The molecule has 3 rings (SSSR count). The van der Waals surface area contributed by atoms with Crippen molar-refractivity contribution in [3.8, 4) is 11.8 Å². The van der Waals surface area contributed by atoms with Crippen molar-refractivity contribution in [1.29, 1.82) is 5.26 Å². The molecule has 0 bridgehead atoms. The van der Waals surface area contributed by atoms with E-state index < -0.39 is 0 Å². The zero-order chi connectivity index (χ0) is 14.7. The standard InChI is InChI=1S/C16H14BrN3O/c17-13-1-2-14-12(4-6-21-16(14)7-13)9-20-15-10-19-5-3-11(15)8-18/h1-3,5,7,10,12,20H,4,6,9H2/t12-/m0/s1. The lowest BCUT2D eigenvalue weighted by Crippen LogP contribution is -2.21. The lowest BCUT2D eigenvalue weighted by Gasteiger charge is -2.26. The van der Waals surface area contributed by atoms with E-state index >= 15 is 0 Å². The van der Waals surface area contributed by atoms with Gasteiger partial charge >= 0.3 is 0 Å². The van der Waals surface area contributed by atoms with Gasteiger partial charge in [0, 0.05) is 23.1 Å². The minimum Gasteiger partial charge on any atom is -0.493 e. The van der Waals surface area contributed by atoms with Crippen LogP contribution in [-0.2, 0) is 0 Å². The van der Waals surface area contributed by atoms with E-state index in [-0.39, 0.29) is 0 Å². The van der Waals surface area contributed by atoms with Gasteiger partial charge in [-0.05, 0) is 30.2 Å². The smallest absolute Gasteiger partial charge is 0.123 e. The number of pyridine rings is 1. The highest BCUT2D eigenvalue weighted by atomic mass is 79.9. The molecule has 21 heavy (non-hydrogen) atoms. The monoisotopic (exact) mass is 343 g/mol. The molecule has 106 valence electrons. The van der Waals surface area contributed by atoms with Gasteiger partial charge in [-0.25, -0.2) is 0 Å². The average molecular weight is 344 g/mol. The van der Waals surface area contributed by atoms with Crippen molar-refractivity contribution in [1.82, 2.24) is 4.98 Å². The third kappa shape index (κ3) is 3.01. The summed E-state index contributed by atoms with van der Waals surface area (Å²) < 4.78 is 6.73. The van der Waals surface area contributed by atoms with Gasteiger partial charge in [-0.15, -0.1) is 0 Å². The zero-order valence-electron chi connectivity index (χ0n) is 11.3. The molecule has 0 aliphatic carbocycles. The molecule has 1 N–H and O–H groups in total. The molecule has 4 nitrogen and oxygen atoms in total. The summed E-state index contributed by atoms with van der Waals surface area (Å²) in [5.74, 6) is 1.31. The average Bonchev–Trinajstić information content (AvgIpc) is 2.52. The molecule has 0 radical (unpaired) electrons. The second-order valence-corrected chi connectivity index (χ2v) is 5.85. The number of ether oxygens (including phenoxy) is 1. The predicted molar refractivity (Wildman–Crippen MR) is 84.4 cm³/mol. The number of hydrogen-bond acceptors (Lipinski definition) is 4. The van der Waals surface area contributed by atoms with Gasteiger partial charge in [0.2, 0.25) is 0 Å². The summed E-state index contributed by atoms with van der Waals surface area (Å²) in [4.78, 5) is 4.07. The first-order valence-corrected chi connectivity index (χ1v) is 7.57. The van der Waals surface area contributed by atoms with Crippen LogP contribution in [-0.4, -0.2) is 18.1 Å². The van der Waals surface area contributed by atoms with Gasteiger partial charge in [-0.2, -0.15) is 5.26 Å². The first-order valence-electron chi connectivity index (χ1n) is 6.78. The van der Waals surface area contributed by atoms with Crippen molar-refractivity contribution < 1.29 is 4.74 Å². The van der Waals surface area contributed by atoms with Crippen LogP contribution >= 0.6 is 15.9 Å². The van der Waals surface area contributed by atoms with E-state index in [4.69, 9.17) is 10.00 Å². The van der Waals surface area contributed by atoms with E-state index in [0.29, 0.717) is 18.1 Å². The molecular weight excluding hydrogens is 330 g/mol. The van der Waals surface area contributed by atoms with Crippen LogP contribution in [0.15, 0.2) is 41.1 Å². The van der Waals surface area contributed by atoms with Gasteiger partial charge in [-0.1, -0.05) is 22.0 Å². The van der Waals surface area contributed by atoms with Crippen molar-refractivity contribution in [2.75, 3.05) is 18.5 Å². The maximum Gasteiger partial charge on any atom is 0.123 e. The fourth-order valence-corrected chi connectivity index (χ4v) is 2.86. The molecule has 1 aromatic heterocycles. The molecule has 2 aromatic rings. The minimum atomic E-state index is 0.369. The highest BCUT2D eigenvalue weighted by molar-refractivity contribution is 9.10. The molecular formula is C16H14BrN3O. The fourth-order valence-electron chi connectivity index (χ4n) is 2.52. The first-order chi connectivity index (χ1) is 10.3. The Kier molecular flexibility index (Phi) is 4.07. The molecule has 2 heterocycles. The van der Waals surface area contributed by atoms with E-state index in [2.05, 4.69) is 38.4 Å². The Bertz CT molecular complexity index is 696. The predicted octanol–water partition coefficient (Wildman–Crippen LogP) is 3.69. The second kappa shape index (κ2) is 6.15. The van der Waals surface area contributed by atoms with E-state index in [9.17, 15) is 0 Å². The van der Waals surface area contributed by atoms with Gasteiger partial charge in [0.15, 0.2) is 0 Å². The van der Waals surface area contributed by atoms with Crippen molar-refractivity contribution in [2.24, 2.45) is 0 Å². The van der Waals surface area contributed by atoms with Crippen LogP contribution in [0.2, 0.25) is 0 Å². The Morgan fingerprint density at radius 3 is 3.19 bits per heavy atom. The topological polar surface area (TPSA) is 57.9 Å². The number of rotatable bonds is 3. The molecule has 0 saturated carbocycles. The van der Waals surface area contributed by atoms with Crippen LogP contribution in [0.5, 0.6) is 5.75 Å². The van der Waals surface area contributed by atoms with E-state index in [1.165, 1.54) is 5.56 Å². The van der Waals surface area contributed by atoms with Gasteiger partial charge in [0.05, 0.1) is 24.1 Å². The summed E-state index contributed by atoms with van der Waals surface area (Å²) in [7, 11) is 0. The van der Waals surface area contributed by atoms with Crippen molar-refractivity contribution >= 4 is 21.6 Å². The van der Waals surface area contributed by atoms with Crippen LogP contribution in [0.3, 0.4) is 0 Å². The summed E-state index contributed by atoms with van der Waals surface area (Å²) in [5, 5.41) is 12.4. The SMILES string of the molecule is N#Cc1ccncc1NC[C@@H]1CCOc2cc(Br)ccc21. The molecule has 0 unspecified atom stereocenters. The highest BCUT2D eigenvalue weighted by Gasteiger charge is 2.21. The van der Waals surface area contributed by atoms with Crippen LogP contribution < -0.4 is 10.1 Å². The van der Waals surface area contributed by atoms with E-state index in [0.717, 1.165) is 28.9 Å². The minimum absolute atomic E-state index is 0.369. The summed E-state index contributed by atoms with van der Waals surface area (Å²) >= 11 is 3.46. The molecule has 0 saturated heterocycles. The number of benzene rings is 1. The number of aromatic nitrogens is 1. The van der Waals surface area contributed by atoms with Crippen molar-refractivity contribution in [2.45, 2.75) is 12.3 Å². The fraction of sp³-hybridized carbons (Fsp3) is 0.250. The zero-order valence-corrected chi connectivity index (χ0v) is 12.9. The van der Waals surface area contributed by atoms with E-state index in [1.54, 1.807) is 18.5 Å². The summed E-state index contributed by atoms with van der Waals surface area (Å²) in [5.41, 5.74) is 2.61. The molecule has 0 spiro atoms. The molecule has 5 heteroatoms. The summed E-state index contributed by atoms with van der Waals surface area (Å²) in [6, 6.07) is 10.0. The Morgan fingerprint density at radius 1 is 1.43 bits per heavy atom. The lowest BCUT2D eigenvalue weighted by atomic mass is 9.93. The van der Waals surface area contributed by atoms with Crippen LogP contribution in [0, 0.1) is 11.3 Å². The molecule has 0 amide bonds. The third-order valence-electron chi connectivity index (χ3n) is 3.62. The number of fused-ring (bicyclic) bond motifs is 1. The van der Waals surface area contributed by atoms with Crippen LogP contribution in [0.1, 0.15) is 23.5 Å². The van der Waals surface area contributed by atoms with Gasteiger partial charge in [-0.3, -0.25) is 4.98 Å². The molecule has 1 aliphatic rings. The van der Waals surface area contributed by atoms with Crippen molar-refractivity contribution in [3.63, 3.8) is 0 Å². The number of halogens is 1. The molecule has 1 atom stereocenters. The lowest BCUT2D eigenvalue weighted by molar-refractivity contribution is 0.270. The number of nitrogens with one attached hydrogen (secondary N) is 1. The van der Waals surface area contributed by atoms with E-state index in [1.807, 2.05) is 12.1 Å². The quantitative estimate of drug-likeness (QED) is 0.923. The number of hydrogen-bond donors (Lipinski definition) is 1. The number of nitrogens with zero attached hydrogens (tertiary/aromatic N) is 2. The Labute approximate surface area is 131 Å². The Morgan fingerprint density at radius 2 is 2.33 bits per heavy atom. The Balaban J connectivity index is 1.77. The van der Waals surface area contributed by atoms with Gasteiger partial charge in [0.1, 0.15) is 11.8 Å². The third-order valence-corrected chi connectivity index (χ3v) is 4.11. The number of anilines is 1. The van der Waals surface area contributed by atoms with Gasteiger partial charge < -0.3 is 10.1 Å². The molecule has 1 aliphatic heterocycles. The summed E-state index contributed by atoms with van der Waals surface area (Å²) in [6.07, 6.45) is 4.29. The van der Waals surface area contributed by atoms with Gasteiger partial charge in [0.25, 0.3) is 0 Å². The van der Waals surface area contributed by atoms with Crippen LogP contribution in [0.4, 0.5) is 5.69 Å². The van der Waals surface area contributed by atoms with Crippen molar-refractivity contribution in [3.05, 3.63) is 52.3 Å². The normalized spacial score (nSPS) is 16.5. The molecule has 0 fully saturated rings.